The second kappa shape index (κ2) is 9.70. The predicted molar refractivity (Wildman–Crippen MR) is 94.3 cm³/mol. The van der Waals surface area contributed by atoms with Gasteiger partial charge < -0.3 is 0 Å². The van der Waals surface area contributed by atoms with Gasteiger partial charge in [0.15, 0.2) is 0 Å². The van der Waals surface area contributed by atoms with E-state index >= 15 is 0 Å². The third-order valence-corrected chi connectivity index (χ3v) is 3.70. The lowest BCUT2D eigenvalue weighted by Crippen LogP contribution is -1.95. The highest BCUT2D eigenvalue weighted by Crippen LogP contribution is 2.13. The second-order valence-corrected chi connectivity index (χ2v) is 5.75. The zero-order valence-electron chi connectivity index (χ0n) is 14.0. The fourth-order valence-corrected chi connectivity index (χ4v) is 2.31. The molecule has 0 aromatic heterocycles. The van der Waals surface area contributed by atoms with Gasteiger partial charge in [-0.25, -0.2) is 17.6 Å². The topological polar surface area (TPSA) is 17.1 Å². The average Bonchev–Trinajstić information content (AvgIpc) is 2.58. The van der Waals surface area contributed by atoms with Crippen LogP contribution in [0.5, 0.6) is 0 Å². The molecule has 5 heteroatoms. The first-order valence-corrected chi connectivity index (χ1v) is 8.20. The Morgan fingerprint density at radius 3 is 1.54 bits per heavy atom. The number of hydrogen-bond donors (Lipinski definition) is 0. The molecule has 2 aromatic carbocycles. The van der Waals surface area contributed by atoms with E-state index in [0.717, 1.165) is 12.1 Å². The Bertz CT molecular complexity index is 757. The minimum Gasteiger partial charge on any atom is -0.300 e. The van der Waals surface area contributed by atoms with Gasteiger partial charge in [-0.2, -0.15) is 0 Å². The number of carbonyl (C=O) groups is 1. The summed E-state index contributed by atoms with van der Waals surface area (Å²) in [6.45, 7) is 0. The van der Waals surface area contributed by atoms with E-state index < -0.39 is 23.3 Å². The van der Waals surface area contributed by atoms with Gasteiger partial charge in [-0.1, -0.05) is 24.3 Å². The molecule has 0 bridgehead atoms. The van der Waals surface area contributed by atoms with E-state index in [9.17, 15) is 22.4 Å². The smallest absolute Gasteiger partial charge is 0.133 e. The summed E-state index contributed by atoms with van der Waals surface area (Å²) in [5.41, 5.74) is 0.534. The van der Waals surface area contributed by atoms with Crippen molar-refractivity contribution in [2.24, 2.45) is 0 Å². The quantitative estimate of drug-likeness (QED) is 0.519. The molecule has 0 unspecified atom stereocenters. The van der Waals surface area contributed by atoms with Crippen LogP contribution < -0.4 is 0 Å². The molecule has 2 rings (SSSR count). The summed E-state index contributed by atoms with van der Waals surface area (Å²) in [4.78, 5) is 11.8. The van der Waals surface area contributed by atoms with Crippen molar-refractivity contribution in [3.05, 3.63) is 82.9 Å². The Labute approximate surface area is 149 Å². The van der Waals surface area contributed by atoms with Gasteiger partial charge >= 0.3 is 0 Å². The van der Waals surface area contributed by atoms with E-state index in [-0.39, 0.29) is 16.9 Å². The van der Waals surface area contributed by atoms with E-state index in [1.54, 1.807) is 12.2 Å². The molecule has 1 nitrogen and oxygen atoms in total. The van der Waals surface area contributed by atoms with Gasteiger partial charge in [0.2, 0.25) is 0 Å². The second-order valence-electron chi connectivity index (χ2n) is 5.75. The maximum Gasteiger partial charge on any atom is 0.133 e. The lowest BCUT2D eigenvalue weighted by molar-refractivity contribution is -0.118. The lowest BCUT2D eigenvalue weighted by atomic mass is 10.1. The third kappa shape index (κ3) is 6.31. The standard InChI is InChI=1S/C21H18F4O/c22-17-11-9-15(20(24)13-17)5-1-3-7-19(26)8-4-2-6-16-10-12-18(23)14-21(16)25/h1-2,5-6,9-14H,3-4,7-8H2. The minimum atomic E-state index is -0.647. The van der Waals surface area contributed by atoms with Crippen LogP contribution in [-0.4, -0.2) is 5.78 Å². The molecule has 0 N–H and O–H groups in total. The van der Waals surface area contributed by atoms with Crippen molar-refractivity contribution in [1.82, 2.24) is 0 Å². The maximum absolute atomic E-state index is 13.4. The van der Waals surface area contributed by atoms with E-state index in [1.165, 1.54) is 36.4 Å². The van der Waals surface area contributed by atoms with Crippen molar-refractivity contribution in [2.45, 2.75) is 25.7 Å². The Hall–Kier alpha value is -2.69. The van der Waals surface area contributed by atoms with Crippen LogP contribution >= 0.6 is 0 Å². The molecule has 0 aliphatic heterocycles. The minimum absolute atomic E-state index is 0.0263. The van der Waals surface area contributed by atoms with Crippen LogP contribution in [0.25, 0.3) is 12.2 Å². The molecule has 0 saturated heterocycles. The average molecular weight is 362 g/mol. The molecule has 0 heterocycles. The van der Waals surface area contributed by atoms with Crippen molar-refractivity contribution in [3.63, 3.8) is 0 Å². The first-order chi connectivity index (χ1) is 12.5. The number of Topliss-reactive ketones (excluding diaryl/α,β-unsaturated/α-hetero) is 1. The summed E-state index contributed by atoms with van der Waals surface area (Å²) >= 11 is 0. The summed E-state index contributed by atoms with van der Waals surface area (Å²) in [5, 5.41) is 0. The monoisotopic (exact) mass is 362 g/mol. The highest BCUT2D eigenvalue weighted by atomic mass is 19.1. The third-order valence-electron chi connectivity index (χ3n) is 3.70. The van der Waals surface area contributed by atoms with Crippen LogP contribution in [-0.2, 0) is 4.79 Å². The van der Waals surface area contributed by atoms with Crippen molar-refractivity contribution < 1.29 is 22.4 Å². The molecule has 0 radical (unpaired) electrons. The first kappa shape index (κ1) is 19.6. The molecular formula is C21H18F4O. The van der Waals surface area contributed by atoms with Crippen LogP contribution in [0.1, 0.15) is 36.8 Å². The van der Waals surface area contributed by atoms with Gasteiger partial charge in [-0.15, -0.1) is 0 Å². The normalized spacial score (nSPS) is 11.5. The molecule has 0 saturated carbocycles. The maximum atomic E-state index is 13.4. The van der Waals surface area contributed by atoms with Crippen LogP contribution in [0.3, 0.4) is 0 Å². The van der Waals surface area contributed by atoms with Crippen LogP contribution in [0, 0.1) is 23.3 Å². The Balaban J connectivity index is 1.72. The van der Waals surface area contributed by atoms with E-state index in [1.807, 2.05) is 0 Å². The summed E-state index contributed by atoms with van der Waals surface area (Å²) in [5.74, 6) is -2.54. The van der Waals surface area contributed by atoms with Gasteiger partial charge in [-0.3, -0.25) is 4.79 Å². The van der Waals surface area contributed by atoms with Gasteiger partial charge in [0.25, 0.3) is 0 Å². The van der Waals surface area contributed by atoms with Gasteiger partial charge in [0, 0.05) is 36.1 Å². The van der Waals surface area contributed by atoms with Gasteiger partial charge in [0.1, 0.15) is 29.1 Å². The van der Waals surface area contributed by atoms with Gasteiger partial charge in [0.05, 0.1) is 0 Å². The molecular weight excluding hydrogens is 344 g/mol. The van der Waals surface area contributed by atoms with E-state index in [0.29, 0.717) is 25.7 Å². The van der Waals surface area contributed by atoms with Crippen LogP contribution in [0.15, 0.2) is 48.6 Å². The fourth-order valence-electron chi connectivity index (χ4n) is 2.31. The van der Waals surface area contributed by atoms with E-state index in [2.05, 4.69) is 0 Å². The number of ketones is 1. The lowest BCUT2D eigenvalue weighted by Gasteiger charge is -1.98. The number of hydrogen-bond acceptors (Lipinski definition) is 1. The summed E-state index contributed by atoms with van der Waals surface area (Å²) in [6.07, 6.45) is 7.86. The largest absolute Gasteiger partial charge is 0.300 e. The number of halogens is 4. The van der Waals surface area contributed by atoms with Crippen molar-refractivity contribution in [1.29, 1.82) is 0 Å². The Kier molecular flexibility index (Phi) is 7.33. The number of benzene rings is 2. The highest BCUT2D eigenvalue weighted by Gasteiger charge is 2.02. The Morgan fingerprint density at radius 1 is 0.731 bits per heavy atom. The summed E-state index contributed by atoms with van der Waals surface area (Å²) in [7, 11) is 0. The highest BCUT2D eigenvalue weighted by molar-refractivity contribution is 5.78. The predicted octanol–water partition coefficient (Wildman–Crippen LogP) is 6.10. The molecule has 0 spiro atoms. The SMILES string of the molecule is O=C(CCC=Cc1ccc(F)cc1F)CCC=Cc1ccc(F)cc1F. The van der Waals surface area contributed by atoms with Gasteiger partial charge in [-0.05, 0) is 37.1 Å². The fraction of sp³-hybridized carbons (Fsp3) is 0.190. The number of allylic oxidation sites excluding steroid dienone is 2. The molecule has 0 fully saturated rings. The molecule has 0 aliphatic carbocycles. The first-order valence-electron chi connectivity index (χ1n) is 8.20. The summed E-state index contributed by atoms with van der Waals surface area (Å²) in [6, 6.07) is 6.63. The molecule has 0 atom stereocenters. The van der Waals surface area contributed by atoms with Crippen molar-refractivity contribution >= 4 is 17.9 Å². The Morgan fingerprint density at radius 2 is 1.15 bits per heavy atom. The molecule has 0 aliphatic rings. The number of carbonyl (C=O) groups excluding carboxylic acids is 1. The zero-order valence-corrected chi connectivity index (χ0v) is 14.0. The van der Waals surface area contributed by atoms with Crippen molar-refractivity contribution in [3.8, 4) is 0 Å². The number of rotatable bonds is 8. The zero-order chi connectivity index (χ0) is 18.9. The molecule has 136 valence electrons. The van der Waals surface area contributed by atoms with Crippen LogP contribution in [0.2, 0.25) is 0 Å². The summed E-state index contributed by atoms with van der Waals surface area (Å²) < 4.78 is 52.4. The molecule has 26 heavy (non-hydrogen) atoms. The van der Waals surface area contributed by atoms with Crippen molar-refractivity contribution in [2.75, 3.05) is 0 Å². The molecule has 0 amide bonds. The van der Waals surface area contributed by atoms with Crippen LogP contribution in [0.4, 0.5) is 17.6 Å². The van der Waals surface area contributed by atoms with E-state index in [4.69, 9.17) is 0 Å². The molecule has 2 aromatic rings.